The standard InChI is InChI=1S/C14H10FNO4/c15-9-5-3-7-11(12(9)14(19)20)16-10-6-2-1-4-8(10)13(17)18/h1-7,16H,(H,17,18)(H,19,20). The van der Waals surface area contributed by atoms with Crippen molar-refractivity contribution in [1.29, 1.82) is 0 Å². The Morgan fingerprint density at radius 2 is 1.55 bits per heavy atom. The number of halogens is 1. The second-order valence-electron chi connectivity index (χ2n) is 3.94. The summed E-state index contributed by atoms with van der Waals surface area (Å²) in [5.74, 6) is -3.49. The molecule has 0 amide bonds. The highest BCUT2D eigenvalue weighted by molar-refractivity contribution is 5.98. The molecule has 0 saturated heterocycles. The van der Waals surface area contributed by atoms with Crippen molar-refractivity contribution in [1.82, 2.24) is 0 Å². The van der Waals surface area contributed by atoms with Crippen molar-refractivity contribution in [2.75, 3.05) is 5.32 Å². The lowest BCUT2D eigenvalue weighted by molar-refractivity contribution is 0.0685. The van der Waals surface area contributed by atoms with Gasteiger partial charge in [-0.15, -0.1) is 0 Å². The summed E-state index contributed by atoms with van der Waals surface area (Å²) in [6, 6.07) is 9.70. The molecule has 20 heavy (non-hydrogen) atoms. The molecule has 6 heteroatoms. The van der Waals surface area contributed by atoms with Crippen molar-refractivity contribution in [3.8, 4) is 0 Å². The van der Waals surface area contributed by atoms with Crippen LogP contribution in [0.2, 0.25) is 0 Å². The van der Waals surface area contributed by atoms with Crippen LogP contribution < -0.4 is 5.32 Å². The van der Waals surface area contributed by atoms with Crippen molar-refractivity contribution in [2.24, 2.45) is 0 Å². The van der Waals surface area contributed by atoms with Crippen molar-refractivity contribution in [3.63, 3.8) is 0 Å². The summed E-state index contributed by atoms with van der Waals surface area (Å²) >= 11 is 0. The van der Waals surface area contributed by atoms with Gasteiger partial charge in [-0.3, -0.25) is 0 Å². The maximum atomic E-state index is 13.5. The quantitative estimate of drug-likeness (QED) is 0.798. The van der Waals surface area contributed by atoms with Crippen LogP contribution >= 0.6 is 0 Å². The summed E-state index contributed by atoms with van der Waals surface area (Å²) < 4.78 is 13.5. The summed E-state index contributed by atoms with van der Waals surface area (Å²) in [6.45, 7) is 0. The smallest absolute Gasteiger partial charge is 0.340 e. The van der Waals surface area contributed by atoms with Gasteiger partial charge in [-0.05, 0) is 24.3 Å². The fourth-order valence-electron chi connectivity index (χ4n) is 1.77. The molecule has 0 bridgehead atoms. The highest BCUT2D eigenvalue weighted by Crippen LogP contribution is 2.25. The average Bonchev–Trinajstić information content (AvgIpc) is 2.38. The molecule has 3 N–H and O–H groups in total. The van der Waals surface area contributed by atoms with Crippen LogP contribution in [0.4, 0.5) is 15.8 Å². The molecule has 0 unspecified atom stereocenters. The summed E-state index contributed by atoms with van der Waals surface area (Å²) in [4.78, 5) is 22.1. The van der Waals surface area contributed by atoms with Crippen molar-refractivity contribution in [3.05, 3.63) is 59.4 Å². The fraction of sp³-hybridized carbons (Fsp3) is 0. The summed E-state index contributed by atoms with van der Waals surface area (Å²) in [6.07, 6.45) is 0. The SMILES string of the molecule is O=C(O)c1ccccc1Nc1cccc(F)c1C(=O)O. The van der Waals surface area contributed by atoms with E-state index in [4.69, 9.17) is 10.2 Å². The monoisotopic (exact) mass is 275 g/mol. The van der Waals surface area contributed by atoms with Gasteiger partial charge in [0.05, 0.1) is 16.9 Å². The first kappa shape index (κ1) is 13.5. The van der Waals surface area contributed by atoms with Crippen molar-refractivity contribution >= 4 is 23.3 Å². The molecule has 0 aliphatic rings. The van der Waals surface area contributed by atoms with Crippen LogP contribution in [0.3, 0.4) is 0 Å². The normalized spacial score (nSPS) is 10.1. The zero-order chi connectivity index (χ0) is 14.7. The fourth-order valence-corrected chi connectivity index (χ4v) is 1.77. The molecule has 0 atom stereocenters. The molecular weight excluding hydrogens is 265 g/mol. The van der Waals surface area contributed by atoms with E-state index in [0.29, 0.717) is 0 Å². The predicted octanol–water partition coefficient (Wildman–Crippen LogP) is 2.97. The maximum Gasteiger partial charge on any atom is 0.340 e. The number of carbonyl (C=O) groups is 2. The van der Waals surface area contributed by atoms with E-state index in [2.05, 4.69) is 5.32 Å². The maximum absolute atomic E-state index is 13.5. The van der Waals surface area contributed by atoms with Gasteiger partial charge in [-0.25, -0.2) is 14.0 Å². The molecule has 0 aliphatic carbocycles. The van der Waals surface area contributed by atoms with E-state index in [1.54, 1.807) is 6.07 Å². The van der Waals surface area contributed by atoms with Gasteiger partial charge < -0.3 is 15.5 Å². The Hall–Kier alpha value is -2.89. The molecular formula is C14H10FNO4. The Morgan fingerprint density at radius 1 is 0.900 bits per heavy atom. The number of aromatic carboxylic acids is 2. The van der Waals surface area contributed by atoms with Crippen molar-refractivity contribution < 1.29 is 24.2 Å². The topological polar surface area (TPSA) is 86.6 Å². The number of hydrogen-bond acceptors (Lipinski definition) is 3. The zero-order valence-corrected chi connectivity index (χ0v) is 10.1. The first-order chi connectivity index (χ1) is 9.50. The number of rotatable bonds is 4. The third-order valence-electron chi connectivity index (χ3n) is 2.65. The number of nitrogens with one attached hydrogen (secondary N) is 1. The Kier molecular flexibility index (Phi) is 3.65. The van der Waals surface area contributed by atoms with Crippen LogP contribution in [-0.2, 0) is 0 Å². The Balaban J connectivity index is 2.49. The third-order valence-corrected chi connectivity index (χ3v) is 2.65. The van der Waals surface area contributed by atoms with Gasteiger partial charge >= 0.3 is 11.9 Å². The number of carboxylic acid groups (broad SMARTS) is 2. The first-order valence-corrected chi connectivity index (χ1v) is 5.62. The predicted molar refractivity (Wildman–Crippen MR) is 70.0 cm³/mol. The van der Waals surface area contributed by atoms with Gasteiger partial charge in [0.15, 0.2) is 0 Å². The number of anilines is 2. The largest absolute Gasteiger partial charge is 0.478 e. The minimum Gasteiger partial charge on any atom is -0.478 e. The van der Waals surface area contributed by atoms with Gasteiger partial charge in [0.25, 0.3) is 0 Å². The second kappa shape index (κ2) is 5.40. The molecule has 0 fully saturated rings. The zero-order valence-electron chi connectivity index (χ0n) is 10.1. The number of carboxylic acids is 2. The lowest BCUT2D eigenvalue weighted by Gasteiger charge is -2.12. The van der Waals surface area contributed by atoms with Crippen LogP contribution in [-0.4, -0.2) is 22.2 Å². The molecule has 2 aromatic carbocycles. The second-order valence-corrected chi connectivity index (χ2v) is 3.94. The van der Waals surface area contributed by atoms with E-state index in [1.807, 2.05) is 0 Å². The average molecular weight is 275 g/mol. The molecule has 102 valence electrons. The van der Waals surface area contributed by atoms with E-state index in [0.717, 1.165) is 6.07 Å². The summed E-state index contributed by atoms with van der Waals surface area (Å²) in [5, 5.41) is 20.7. The third kappa shape index (κ3) is 2.59. The lowest BCUT2D eigenvalue weighted by Crippen LogP contribution is -2.08. The van der Waals surface area contributed by atoms with E-state index in [-0.39, 0.29) is 16.9 Å². The number of hydrogen-bond donors (Lipinski definition) is 3. The Bertz CT molecular complexity index is 685. The van der Waals surface area contributed by atoms with Crippen molar-refractivity contribution in [2.45, 2.75) is 0 Å². The summed E-state index contributed by atoms with van der Waals surface area (Å²) in [5.41, 5.74) is -0.389. The van der Waals surface area contributed by atoms with Crippen LogP contribution in [0.5, 0.6) is 0 Å². The molecule has 0 saturated carbocycles. The molecule has 2 aromatic rings. The van der Waals surface area contributed by atoms with Crippen LogP contribution in [0, 0.1) is 5.82 Å². The molecule has 0 radical (unpaired) electrons. The molecule has 2 rings (SSSR count). The number of benzene rings is 2. The van der Waals surface area contributed by atoms with Crippen LogP contribution in [0.25, 0.3) is 0 Å². The first-order valence-electron chi connectivity index (χ1n) is 5.62. The molecule has 0 heterocycles. The van der Waals surface area contributed by atoms with Crippen LogP contribution in [0.15, 0.2) is 42.5 Å². The number of para-hydroxylation sites is 1. The highest BCUT2D eigenvalue weighted by atomic mass is 19.1. The van der Waals surface area contributed by atoms with Gasteiger partial charge in [0.2, 0.25) is 0 Å². The lowest BCUT2D eigenvalue weighted by atomic mass is 10.1. The molecule has 0 spiro atoms. The van der Waals surface area contributed by atoms with Crippen LogP contribution in [0.1, 0.15) is 20.7 Å². The van der Waals surface area contributed by atoms with Gasteiger partial charge in [0, 0.05) is 0 Å². The van der Waals surface area contributed by atoms with Gasteiger partial charge in [-0.1, -0.05) is 18.2 Å². The highest BCUT2D eigenvalue weighted by Gasteiger charge is 2.17. The molecule has 5 nitrogen and oxygen atoms in total. The summed E-state index contributed by atoms with van der Waals surface area (Å²) in [7, 11) is 0. The molecule has 0 aliphatic heterocycles. The van der Waals surface area contributed by atoms with Gasteiger partial charge in [0.1, 0.15) is 11.4 Å². The Labute approximate surface area is 113 Å². The van der Waals surface area contributed by atoms with E-state index >= 15 is 0 Å². The minimum atomic E-state index is -1.43. The van der Waals surface area contributed by atoms with E-state index in [1.165, 1.54) is 30.3 Å². The Morgan fingerprint density at radius 3 is 2.20 bits per heavy atom. The van der Waals surface area contributed by atoms with E-state index in [9.17, 15) is 14.0 Å². The van der Waals surface area contributed by atoms with Gasteiger partial charge in [-0.2, -0.15) is 0 Å². The molecule has 0 aromatic heterocycles. The van der Waals surface area contributed by atoms with E-state index < -0.39 is 23.3 Å². The minimum absolute atomic E-state index is 0.00815.